The fourth-order valence-corrected chi connectivity index (χ4v) is 3.31. The van der Waals surface area contributed by atoms with E-state index in [1.807, 2.05) is 0 Å². The van der Waals surface area contributed by atoms with E-state index >= 15 is 0 Å². The second kappa shape index (κ2) is 9.20. The molecule has 32 heavy (non-hydrogen) atoms. The zero-order valence-electron chi connectivity index (χ0n) is 16.6. The molecule has 3 nitrogen and oxygen atoms in total. The summed E-state index contributed by atoms with van der Waals surface area (Å²) in [5.74, 6) is -0.350. The number of rotatable bonds is 4. The number of likely N-dealkylation sites (tertiary alicyclic amines) is 1. The molecule has 1 aliphatic heterocycles. The summed E-state index contributed by atoms with van der Waals surface area (Å²) in [5, 5.41) is 9.53. The predicted molar refractivity (Wildman–Crippen MR) is 106 cm³/mol. The summed E-state index contributed by atoms with van der Waals surface area (Å²) >= 11 is 0. The second-order valence-corrected chi connectivity index (χ2v) is 7.32. The zero-order valence-corrected chi connectivity index (χ0v) is 16.6. The molecular formula is C23H19F6NO2. The average Bonchev–Trinajstić information content (AvgIpc) is 3.16. The Morgan fingerprint density at radius 2 is 1.34 bits per heavy atom. The molecule has 1 heterocycles. The maximum atomic E-state index is 12.9. The highest BCUT2D eigenvalue weighted by molar-refractivity contribution is 5.89. The van der Waals surface area contributed by atoms with Gasteiger partial charge in [0.25, 0.3) is 0 Å². The summed E-state index contributed by atoms with van der Waals surface area (Å²) in [5.41, 5.74) is -0.687. The van der Waals surface area contributed by atoms with Gasteiger partial charge >= 0.3 is 12.4 Å². The van der Waals surface area contributed by atoms with Crippen molar-refractivity contribution >= 4 is 11.5 Å². The first-order chi connectivity index (χ1) is 14.9. The number of aliphatic hydroxyl groups is 1. The van der Waals surface area contributed by atoms with Gasteiger partial charge in [0.15, 0.2) is 0 Å². The van der Waals surface area contributed by atoms with Gasteiger partial charge in [-0.1, -0.05) is 36.4 Å². The molecule has 1 amide bonds. The van der Waals surface area contributed by atoms with E-state index in [-0.39, 0.29) is 12.5 Å². The molecule has 1 N–H and O–H groups in total. The molecule has 0 saturated carbocycles. The predicted octanol–water partition coefficient (Wildman–Crippen LogP) is 5.31. The minimum absolute atomic E-state index is 0.206. The molecular weight excluding hydrogens is 436 g/mol. The van der Waals surface area contributed by atoms with Crippen LogP contribution in [0.5, 0.6) is 0 Å². The van der Waals surface area contributed by atoms with Crippen LogP contribution in [-0.2, 0) is 17.1 Å². The molecule has 170 valence electrons. The highest BCUT2D eigenvalue weighted by Gasteiger charge is 2.31. The van der Waals surface area contributed by atoms with Crippen LogP contribution in [0.4, 0.5) is 26.3 Å². The van der Waals surface area contributed by atoms with E-state index in [1.54, 1.807) is 0 Å². The molecule has 1 saturated heterocycles. The number of amides is 1. The topological polar surface area (TPSA) is 40.5 Å². The fraction of sp³-hybridized carbons (Fsp3) is 0.261. The smallest absolute Gasteiger partial charge is 0.391 e. The van der Waals surface area contributed by atoms with Crippen LogP contribution in [0.2, 0.25) is 0 Å². The first-order valence-electron chi connectivity index (χ1n) is 9.66. The van der Waals surface area contributed by atoms with Crippen molar-refractivity contribution in [3.05, 3.63) is 89.0 Å². The van der Waals surface area contributed by atoms with Crippen LogP contribution in [-0.4, -0.2) is 35.1 Å². The monoisotopic (exact) mass is 455 g/mol. The van der Waals surface area contributed by atoms with Gasteiger partial charge in [0, 0.05) is 19.2 Å². The Morgan fingerprint density at radius 1 is 0.875 bits per heavy atom. The van der Waals surface area contributed by atoms with E-state index in [0.717, 1.165) is 24.3 Å². The lowest BCUT2D eigenvalue weighted by Gasteiger charge is -2.13. The van der Waals surface area contributed by atoms with E-state index in [4.69, 9.17) is 0 Å². The van der Waals surface area contributed by atoms with Gasteiger partial charge in [-0.05, 0) is 47.4 Å². The number of halogens is 6. The van der Waals surface area contributed by atoms with Gasteiger partial charge in [-0.25, -0.2) is 0 Å². The maximum Gasteiger partial charge on any atom is 0.416 e. The van der Waals surface area contributed by atoms with E-state index in [2.05, 4.69) is 0 Å². The van der Waals surface area contributed by atoms with Crippen molar-refractivity contribution < 1.29 is 36.2 Å². The van der Waals surface area contributed by atoms with Crippen LogP contribution >= 0.6 is 0 Å². The lowest BCUT2D eigenvalue weighted by molar-refractivity contribution is -0.138. The average molecular weight is 455 g/mol. The Kier molecular flexibility index (Phi) is 6.78. The molecule has 0 aromatic heterocycles. The Bertz CT molecular complexity index is 945. The number of carbonyl (C=O) groups excluding carboxylic acids is 1. The largest absolute Gasteiger partial charge is 0.416 e. The third-order valence-electron chi connectivity index (χ3n) is 5.02. The van der Waals surface area contributed by atoms with Crippen LogP contribution in [0, 0.1) is 0 Å². The molecule has 1 unspecified atom stereocenters. The van der Waals surface area contributed by atoms with Gasteiger partial charge in [0.2, 0.25) is 5.91 Å². The van der Waals surface area contributed by atoms with Crippen molar-refractivity contribution in [3.63, 3.8) is 0 Å². The van der Waals surface area contributed by atoms with Gasteiger partial charge in [0.1, 0.15) is 0 Å². The van der Waals surface area contributed by atoms with Crippen molar-refractivity contribution in [1.82, 2.24) is 4.90 Å². The number of carbonyl (C=O) groups is 1. The summed E-state index contributed by atoms with van der Waals surface area (Å²) in [4.78, 5) is 13.7. The van der Waals surface area contributed by atoms with Crippen LogP contribution in [0.3, 0.4) is 0 Å². The molecule has 9 heteroatoms. The number of β-amino-alcohol motifs (C(OH)–C–C–N with tert-alkyl or cyclic N) is 1. The number of hydrogen-bond donors (Lipinski definition) is 1. The quantitative estimate of drug-likeness (QED) is 0.386. The molecule has 0 spiro atoms. The van der Waals surface area contributed by atoms with Gasteiger partial charge in [-0.3, -0.25) is 4.79 Å². The highest BCUT2D eigenvalue weighted by atomic mass is 19.4. The summed E-state index contributed by atoms with van der Waals surface area (Å²) < 4.78 is 77.2. The van der Waals surface area contributed by atoms with Crippen molar-refractivity contribution in [2.24, 2.45) is 0 Å². The summed E-state index contributed by atoms with van der Waals surface area (Å²) in [6, 6.07) is 8.41. The van der Waals surface area contributed by atoms with Crippen molar-refractivity contribution in [2.45, 2.75) is 24.9 Å². The number of alkyl halides is 6. The molecule has 1 atom stereocenters. The first-order valence-corrected chi connectivity index (χ1v) is 9.66. The number of aliphatic hydroxyl groups excluding tert-OH is 1. The van der Waals surface area contributed by atoms with Gasteiger partial charge in [-0.2, -0.15) is 26.3 Å². The molecule has 2 aromatic rings. The Morgan fingerprint density at radius 3 is 1.72 bits per heavy atom. The molecule has 1 fully saturated rings. The third-order valence-corrected chi connectivity index (χ3v) is 5.02. The van der Waals surface area contributed by atoms with E-state index < -0.39 is 29.6 Å². The Labute approximate surface area is 180 Å². The lowest BCUT2D eigenvalue weighted by atomic mass is 9.95. The molecule has 1 aliphatic rings. The number of benzene rings is 2. The molecule has 3 rings (SSSR count). The van der Waals surface area contributed by atoms with Crippen LogP contribution in [0.25, 0.3) is 5.57 Å². The second-order valence-electron chi connectivity index (χ2n) is 7.32. The van der Waals surface area contributed by atoms with Gasteiger partial charge in [-0.15, -0.1) is 0 Å². The third kappa shape index (κ3) is 5.79. The standard InChI is InChI=1S/C23H19F6NO2/c24-22(25,26)17-8-4-15(5-9-17)20(16-6-10-18(11-7-16)23(27,28)29)2-1-3-21(32)30-13-12-19(31)14-30/h1-11,19,31H,12-14H2. The maximum absolute atomic E-state index is 12.9. The SMILES string of the molecule is O=C(C=CC=C(c1ccc(C(F)(F)F)cc1)c1ccc(C(F)(F)F)cc1)N1CCC(O)C1. The summed E-state index contributed by atoms with van der Waals surface area (Å²) in [7, 11) is 0. The van der Waals surface area contributed by atoms with Gasteiger partial charge < -0.3 is 10.0 Å². The van der Waals surface area contributed by atoms with E-state index in [0.29, 0.717) is 29.7 Å². The Hall–Kier alpha value is -3.07. The molecule has 0 bridgehead atoms. The van der Waals surface area contributed by atoms with E-state index in [1.165, 1.54) is 47.4 Å². The molecule has 0 radical (unpaired) electrons. The minimum atomic E-state index is -4.52. The minimum Gasteiger partial charge on any atom is -0.391 e. The van der Waals surface area contributed by atoms with Crippen LogP contribution < -0.4 is 0 Å². The van der Waals surface area contributed by atoms with Crippen molar-refractivity contribution in [1.29, 1.82) is 0 Å². The molecule has 2 aromatic carbocycles. The fourth-order valence-electron chi connectivity index (χ4n) is 3.31. The number of nitrogens with zero attached hydrogens (tertiary/aromatic N) is 1. The summed E-state index contributed by atoms with van der Waals surface area (Å²) in [6.07, 6.45) is -5.08. The van der Waals surface area contributed by atoms with Crippen LogP contribution in [0.15, 0.2) is 66.8 Å². The number of hydrogen-bond acceptors (Lipinski definition) is 2. The Balaban J connectivity index is 1.93. The van der Waals surface area contributed by atoms with Crippen LogP contribution in [0.1, 0.15) is 28.7 Å². The van der Waals surface area contributed by atoms with Gasteiger partial charge in [0.05, 0.1) is 17.2 Å². The summed E-state index contributed by atoms with van der Waals surface area (Å²) in [6.45, 7) is 0.607. The van der Waals surface area contributed by atoms with Crippen molar-refractivity contribution in [2.75, 3.05) is 13.1 Å². The highest BCUT2D eigenvalue weighted by Crippen LogP contribution is 2.33. The first kappa shape index (κ1) is 23.6. The van der Waals surface area contributed by atoms with Crippen molar-refractivity contribution in [3.8, 4) is 0 Å². The molecule has 0 aliphatic carbocycles. The number of allylic oxidation sites excluding steroid dienone is 2. The zero-order chi connectivity index (χ0) is 23.5. The lowest BCUT2D eigenvalue weighted by Crippen LogP contribution is -2.27. The van der Waals surface area contributed by atoms with E-state index in [9.17, 15) is 36.2 Å². The normalized spacial score (nSPS) is 17.1.